The van der Waals surface area contributed by atoms with Gasteiger partial charge in [-0.1, -0.05) is 6.92 Å². The Morgan fingerprint density at radius 3 is 2.84 bits per heavy atom. The fraction of sp³-hybridized carbons (Fsp3) is 0.429. The molecule has 0 fully saturated rings. The summed E-state index contributed by atoms with van der Waals surface area (Å²) in [6, 6.07) is 1.95. The second kappa shape index (κ2) is 6.89. The van der Waals surface area contributed by atoms with E-state index in [1.165, 1.54) is 0 Å². The molecule has 0 saturated heterocycles. The predicted molar refractivity (Wildman–Crippen MR) is 74.8 cm³/mol. The van der Waals surface area contributed by atoms with E-state index in [0.717, 1.165) is 43.1 Å². The van der Waals surface area contributed by atoms with Crippen molar-refractivity contribution >= 4 is 5.82 Å². The van der Waals surface area contributed by atoms with Crippen LogP contribution in [0.5, 0.6) is 0 Å². The zero-order chi connectivity index (χ0) is 13.5. The lowest BCUT2D eigenvalue weighted by atomic mass is 10.3. The van der Waals surface area contributed by atoms with Crippen molar-refractivity contribution < 1.29 is 4.42 Å². The molecule has 2 heterocycles. The minimum atomic E-state index is 0.763. The SMILES string of the molecule is CCCNCc1cnc(N(C)Cc2ccoc2)cn1. The van der Waals surface area contributed by atoms with Crippen LogP contribution in [0.4, 0.5) is 5.82 Å². The molecule has 102 valence electrons. The van der Waals surface area contributed by atoms with Crippen LogP contribution in [0.3, 0.4) is 0 Å². The van der Waals surface area contributed by atoms with Gasteiger partial charge in [0, 0.05) is 25.7 Å². The maximum atomic E-state index is 5.05. The quantitative estimate of drug-likeness (QED) is 0.773. The average Bonchev–Trinajstić information content (AvgIpc) is 2.93. The number of nitrogens with zero attached hydrogens (tertiary/aromatic N) is 3. The van der Waals surface area contributed by atoms with Crippen molar-refractivity contribution in [3.63, 3.8) is 0 Å². The topological polar surface area (TPSA) is 54.2 Å². The third-order valence-corrected chi connectivity index (χ3v) is 2.82. The predicted octanol–water partition coefficient (Wildman–Crippen LogP) is 2.21. The van der Waals surface area contributed by atoms with Crippen molar-refractivity contribution in [2.75, 3.05) is 18.5 Å². The molecule has 0 radical (unpaired) electrons. The monoisotopic (exact) mass is 260 g/mol. The Labute approximate surface area is 113 Å². The molecule has 0 spiro atoms. The standard InChI is InChI=1S/C14H20N4O/c1-3-5-15-7-13-8-17-14(9-16-13)18(2)10-12-4-6-19-11-12/h4,6,8-9,11,15H,3,5,7,10H2,1-2H3. The number of furan rings is 1. The Kier molecular flexibility index (Phi) is 4.92. The minimum Gasteiger partial charge on any atom is -0.472 e. The first kappa shape index (κ1) is 13.5. The van der Waals surface area contributed by atoms with Crippen LogP contribution in [0.25, 0.3) is 0 Å². The van der Waals surface area contributed by atoms with E-state index in [1.807, 2.05) is 30.4 Å². The third kappa shape index (κ3) is 4.06. The second-order valence-corrected chi connectivity index (χ2v) is 4.53. The summed E-state index contributed by atoms with van der Waals surface area (Å²) in [6.07, 6.45) is 8.18. The van der Waals surface area contributed by atoms with E-state index in [9.17, 15) is 0 Å². The molecule has 0 aliphatic rings. The number of aromatic nitrogens is 2. The molecule has 5 heteroatoms. The molecule has 2 aromatic rings. The van der Waals surface area contributed by atoms with Crippen LogP contribution in [-0.4, -0.2) is 23.6 Å². The van der Waals surface area contributed by atoms with Crippen molar-refractivity contribution in [1.29, 1.82) is 0 Å². The van der Waals surface area contributed by atoms with Crippen LogP contribution in [0.2, 0.25) is 0 Å². The molecule has 19 heavy (non-hydrogen) atoms. The van der Waals surface area contributed by atoms with E-state index in [4.69, 9.17) is 4.42 Å². The lowest BCUT2D eigenvalue weighted by Crippen LogP contribution is -2.19. The molecular formula is C14H20N4O. The largest absolute Gasteiger partial charge is 0.472 e. The summed E-state index contributed by atoms with van der Waals surface area (Å²) in [5.41, 5.74) is 2.09. The van der Waals surface area contributed by atoms with E-state index >= 15 is 0 Å². The Morgan fingerprint density at radius 2 is 2.21 bits per heavy atom. The maximum Gasteiger partial charge on any atom is 0.147 e. The number of nitrogens with one attached hydrogen (secondary N) is 1. The normalized spacial score (nSPS) is 10.6. The number of hydrogen-bond donors (Lipinski definition) is 1. The van der Waals surface area contributed by atoms with Gasteiger partial charge in [0.2, 0.25) is 0 Å². The first-order valence-electron chi connectivity index (χ1n) is 6.53. The average molecular weight is 260 g/mol. The van der Waals surface area contributed by atoms with E-state index in [-0.39, 0.29) is 0 Å². The molecule has 0 unspecified atom stereocenters. The smallest absolute Gasteiger partial charge is 0.147 e. The highest BCUT2D eigenvalue weighted by Gasteiger charge is 2.05. The Hall–Kier alpha value is -1.88. The van der Waals surface area contributed by atoms with E-state index in [2.05, 4.69) is 22.2 Å². The van der Waals surface area contributed by atoms with Crippen LogP contribution < -0.4 is 10.2 Å². The minimum absolute atomic E-state index is 0.763. The van der Waals surface area contributed by atoms with Crippen LogP contribution in [-0.2, 0) is 13.1 Å². The summed E-state index contributed by atoms with van der Waals surface area (Å²) in [6.45, 7) is 4.68. The zero-order valence-corrected chi connectivity index (χ0v) is 11.5. The first-order chi connectivity index (χ1) is 9.29. The highest BCUT2D eigenvalue weighted by molar-refractivity contribution is 5.35. The Bertz CT molecular complexity index is 467. The molecule has 0 saturated carbocycles. The van der Waals surface area contributed by atoms with Gasteiger partial charge in [0.15, 0.2) is 0 Å². The van der Waals surface area contributed by atoms with Gasteiger partial charge < -0.3 is 14.6 Å². The van der Waals surface area contributed by atoms with Crippen LogP contribution >= 0.6 is 0 Å². The van der Waals surface area contributed by atoms with Gasteiger partial charge in [-0.05, 0) is 19.0 Å². The molecule has 0 atom stereocenters. The molecular weight excluding hydrogens is 240 g/mol. The Balaban J connectivity index is 1.90. The van der Waals surface area contributed by atoms with E-state index in [1.54, 1.807) is 12.5 Å². The molecule has 0 amide bonds. The fourth-order valence-electron chi connectivity index (χ4n) is 1.77. The highest BCUT2D eigenvalue weighted by atomic mass is 16.3. The van der Waals surface area contributed by atoms with E-state index < -0.39 is 0 Å². The summed E-state index contributed by atoms with van der Waals surface area (Å²) in [5.74, 6) is 0.862. The molecule has 2 aromatic heterocycles. The molecule has 0 bridgehead atoms. The van der Waals surface area contributed by atoms with Crippen molar-refractivity contribution in [2.24, 2.45) is 0 Å². The van der Waals surface area contributed by atoms with Gasteiger partial charge in [-0.15, -0.1) is 0 Å². The van der Waals surface area contributed by atoms with Gasteiger partial charge in [0.05, 0.1) is 30.6 Å². The lowest BCUT2D eigenvalue weighted by molar-refractivity contribution is 0.563. The summed E-state index contributed by atoms with van der Waals surface area (Å²) in [4.78, 5) is 10.9. The summed E-state index contributed by atoms with van der Waals surface area (Å²) >= 11 is 0. The summed E-state index contributed by atoms with van der Waals surface area (Å²) < 4.78 is 5.05. The highest BCUT2D eigenvalue weighted by Crippen LogP contribution is 2.11. The maximum absolute atomic E-state index is 5.05. The van der Waals surface area contributed by atoms with Crippen molar-refractivity contribution in [3.05, 3.63) is 42.2 Å². The van der Waals surface area contributed by atoms with Gasteiger partial charge in [-0.3, -0.25) is 4.98 Å². The number of anilines is 1. The third-order valence-electron chi connectivity index (χ3n) is 2.82. The van der Waals surface area contributed by atoms with Gasteiger partial charge in [-0.2, -0.15) is 0 Å². The second-order valence-electron chi connectivity index (χ2n) is 4.53. The molecule has 0 aliphatic carbocycles. The Morgan fingerprint density at radius 1 is 1.32 bits per heavy atom. The molecule has 0 aliphatic heterocycles. The van der Waals surface area contributed by atoms with Gasteiger partial charge in [0.25, 0.3) is 0 Å². The van der Waals surface area contributed by atoms with Crippen LogP contribution in [0, 0.1) is 0 Å². The number of hydrogen-bond acceptors (Lipinski definition) is 5. The van der Waals surface area contributed by atoms with Crippen molar-refractivity contribution in [1.82, 2.24) is 15.3 Å². The summed E-state index contributed by atoms with van der Waals surface area (Å²) in [5, 5.41) is 3.31. The first-order valence-corrected chi connectivity index (χ1v) is 6.53. The van der Waals surface area contributed by atoms with E-state index in [0.29, 0.717) is 0 Å². The fourth-order valence-corrected chi connectivity index (χ4v) is 1.77. The molecule has 0 aromatic carbocycles. The molecule has 5 nitrogen and oxygen atoms in total. The molecule has 1 N–H and O–H groups in total. The van der Waals surface area contributed by atoms with Crippen LogP contribution in [0.15, 0.2) is 35.4 Å². The van der Waals surface area contributed by atoms with Gasteiger partial charge in [-0.25, -0.2) is 4.98 Å². The van der Waals surface area contributed by atoms with Crippen LogP contribution in [0.1, 0.15) is 24.6 Å². The number of rotatable bonds is 7. The van der Waals surface area contributed by atoms with Gasteiger partial charge >= 0.3 is 0 Å². The van der Waals surface area contributed by atoms with Crippen molar-refractivity contribution in [2.45, 2.75) is 26.4 Å². The zero-order valence-electron chi connectivity index (χ0n) is 11.5. The lowest BCUT2D eigenvalue weighted by Gasteiger charge is -2.16. The molecule has 2 rings (SSSR count). The summed E-state index contributed by atoms with van der Waals surface area (Å²) in [7, 11) is 1.99. The van der Waals surface area contributed by atoms with Crippen molar-refractivity contribution in [3.8, 4) is 0 Å². The van der Waals surface area contributed by atoms with Gasteiger partial charge in [0.1, 0.15) is 5.82 Å².